The third kappa shape index (κ3) is 4.72. The molecule has 1 nitrogen and oxygen atoms in total. The number of hydrogen-bond donors (Lipinski definition) is 1. The first-order valence-corrected chi connectivity index (χ1v) is 9.94. The van der Waals surface area contributed by atoms with Gasteiger partial charge in [0.15, 0.2) is 0 Å². The molecule has 0 spiro atoms. The molecule has 3 rings (SSSR count). The molecule has 1 N–H and O–H groups in total. The van der Waals surface area contributed by atoms with Gasteiger partial charge < -0.3 is 0 Å². The molecule has 0 aliphatic heterocycles. The molecule has 0 bridgehead atoms. The number of anilines is 1. The van der Waals surface area contributed by atoms with Crippen LogP contribution < -0.4 is 9.78 Å². The summed E-state index contributed by atoms with van der Waals surface area (Å²) in [6.45, 7) is 2.14. The van der Waals surface area contributed by atoms with Gasteiger partial charge in [-0.15, -0.1) is 0 Å². The monoisotopic (exact) mass is 367 g/mol. The summed E-state index contributed by atoms with van der Waals surface area (Å²) in [6, 6.07) is 30.5. The Bertz CT molecular complexity index is 725. The molecule has 3 aromatic rings. The van der Waals surface area contributed by atoms with Gasteiger partial charge in [-0.05, 0) is 0 Å². The molecule has 116 valence electrons. The quantitative estimate of drug-likeness (QED) is 0.629. The molecule has 0 fully saturated rings. The van der Waals surface area contributed by atoms with Crippen LogP contribution in [0, 0.1) is 6.92 Å². The van der Waals surface area contributed by atoms with Gasteiger partial charge in [-0.3, -0.25) is 0 Å². The van der Waals surface area contributed by atoms with Gasteiger partial charge in [-0.1, -0.05) is 0 Å². The minimum atomic E-state index is 0.346. The van der Waals surface area contributed by atoms with Gasteiger partial charge in [0.1, 0.15) is 0 Å². The van der Waals surface area contributed by atoms with E-state index in [0.29, 0.717) is 21.0 Å². The topological polar surface area (TPSA) is 12.0 Å². The van der Waals surface area contributed by atoms with E-state index in [2.05, 4.69) is 97.2 Å². The molecule has 0 radical (unpaired) electrons. The molecular weight excluding hydrogens is 345 g/mol. The SMILES string of the molecule is Cc1cccc(NC(C[Se]c2ccccc2)c2ccccc2)c1. The predicted molar refractivity (Wildman–Crippen MR) is 101 cm³/mol. The van der Waals surface area contributed by atoms with E-state index in [4.69, 9.17) is 0 Å². The molecule has 3 aromatic carbocycles. The Labute approximate surface area is 144 Å². The van der Waals surface area contributed by atoms with Crippen LogP contribution in [-0.2, 0) is 0 Å². The molecule has 0 saturated heterocycles. The summed E-state index contributed by atoms with van der Waals surface area (Å²) < 4.78 is 1.45. The summed E-state index contributed by atoms with van der Waals surface area (Å²) in [5.41, 5.74) is 3.84. The van der Waals surface area contributed by atoms with Gasteiger partial charge in [-0.25, -0.2) is 0 Å². The van der Waals surface area contributed by atoms with E-state index in [0.717, 1.165) is 5.32 Å². The maximum absolute atomic E-state index is 3.72. The van der Waals surface area contributed by atoms with Crippen molar-refractivity contribution in [3.05, 3.63) is 96.1 Å². The first kappa shape index (κ1) is 15.9. The second kappa shape index (κ2) is 8.01. The van der Waals surface area contributed by atoms with Crippen molar-refractivity contribution in [1.29, 1.82) is 0 Å². The Balaban J connectivity index is 1.76. The summed E-state index contributed by atoms with van der Waals surface area (Å²) in [5.74, 6) is 0. The van der Waals surface area contributed by atoms with Crippen LogP contribution in [-0.4, -0.2) is 15.0 Å². The summed E-state index contributed by atoms with van der Waals surface area (Å²) in [7, 11) is 0. The van der Waals surface area contributed by atoms with Gasteiger partial charge in [0.2, 0.25) is 0 Å². The summed E-state index contributed by atoms with van der Waals surface area (Å²) in [5, 5.41) is 4.86. The van der Waals surface area contributed by atoms with E-state index in [1.165, 1.54) is 21.3 Å². The van der Waals surface area contributed by atoms with Crippen molar-refractivity contribution in [2.75, 3.05) is 5.32 Å². The molecule has 1 atom stereocenters. The summed E-state index contributed by atoms with van der Waals surface area (Å²) >= 11 is 0.457. The molecule has 23 heavy (non-hydrogen) atoms. The van der Waals surface area contributed by atoms with Crippen LogP contribution in [0.2, 0.25) is 5.32 Å². The van der Waals surface area contributed by atoms with E-state index >= 15 is 0 Å². The zero-order chi connectivity index (χ0) is 15.9. The third-order valence-corrected chi connectivity index (χ3v) is 6.04. The molecule has 0 amide bonds. The second-order valence-electron chi connectivity index (χ2n) is 5.60. The molecular formula is C21H21NSe. The maximum atomic E-state index is 3.72. The fourth-order valence-electron chi connectivity index (χ4n) is 2.54. The van der Waals surface area contributed by atoms with Gasteiger partial charge in [0.25, 0.3) is 0 Å². The Hall–Kier alpha value is -2.02. The number of hydrogen-bond acceptors (Lipinski definition) is 1. The van der Waals surface area contributed by atoms with Crippen LogP contribution in [0.15, 0.2) is 84.9 Å². The van der Waals surface area contributed by atoms with Gasteiger partial charge in [0, 0.05) is 0 Å². The van der Waals surface area contributed by atoms with E-state index in [9.17, 15) is 0 Å². The molecule has 0 heterocycles. The van der Waals surface area contributed by atoms with Crippen LogP contribution in [0.4, 0.5) is 5.69 Å². The second-order valence-corrected chi connectivity index (χ2v) is 7.90. The Morgan fingerprint density at radius 3 is 2.22 bits per heavy atom. The number of rotatable bonds is 6. The number of benzene rings is 3. The van der Waals surface area contributed by atoms with Crippen molar-refractivity contribution < 1.29 is 0 Å². The van der Waals surface area contributed by atoms with Crippen LogP contribution in [0.3, 0.4) is 0 Å². The molecule has 0 saturated carbocycles. The van der Waals surface area contributed by atoms with Crippen molar-refractivity contribution >= 4 is 25.1 Å². The fourth-order valence-corrected chi connectivity index (χ4v) is 4.60. The zero-order valence-electron chi connectivity index (χ0n) is 13.3. The van der Waals surface area contributed by atoms with Crippen LogP contribution in [0.1, 0.15) is 17.2 Å². The normalized spacial score (nSPS) is 11.9. The van der Waals surface area contributed by atoms with E-state index in [-0.39, 0.29) is 0 Å². The van der Waals surface area contributed by atoms with Crippen LogP contribution in [0.5, 0.6) is 0 Å². The van der Waals surface area contributed by atoms with Crippen molar-refractivity contribution in [2.45, 2.75) is 18.3 Å². The van der Waals surface area contributed by atoms with Crippen molar-refractivity contribution in [2.24, 2.45) is 0 Å². The Kier molecular flexibility index (Phi) is 5.52. The van der Waals surface area contributed by atoms with Gasteiger partial charge in [0.05, 0.1) is 0 Å². The molecule has 0 aromatic heterocycles. The van der Waals surface area contributed by atoms with Gasteiger partial charge >= 0.3 is 145 Å². The van der Waals surface area contributed by atoms with E-state index < -0.39 is 0 Å². The first-order valence-electron chi connectivity index (χ1n) is 7.87. The van der Waals surface area contributed by atoms with Crippen molar-refractivity contribution in [3.63, 3.8) is 0 Å². The zero-order valence-corrected chi connectivity index (χ0v) is 15.0. The molecule has 2 heteroatoms. The Morgan fingerprint density at radius 1 is 0.826 bits per heavy atom. The molecule has 0 aliphatic carbocycles. The molecule has 1 unspecified atom stereocenters. The average Bonchev–Trinajstić information content (AvgIpc) is 2.60. The predicted octanol–water partition coefficient (Wildman–Crippen LogP) is 4.60. The van der Waals surface area contributed by atoms with Crippen LogP contribution in [0.25, 0.3) is 0 Å². The number of aryl methyl sites for hydroxylation is 1. The average molecular weight is 366 g/mol. The van der Waals surface area contributed by atoms with E-state index in [1.807, 2.05) is 0 Å². The standard InChI is InChI=1S/C21H21NSe/c1-17-9-8-12-19(15-17)22-21(18-10-4-2-5-11-18)16-23-20-13-6-3-7-14-20/h2-15,21-22H,16H2,1H3. The Morgan fingerprint density at radius 2 is 1.52 bits per heavy atom. The minimum absolute atomic E-state index is 0.346. The molecule has 0 aliphatic rings. The third-order valence-electron chi connectivity index (χ3n) is 3.72. The summed E-state index contributed by atoms with van der Waals surface area (Å²) in [6.07, 6.45) is 0. The van der Waals surface area contributed by atoms with E-state index in [1.54, 1.807) is 0 Å². The van der Waals surface area contributed by atoms with Crippen molar-refractivity contribution in [3.8, 4) is 0 Å². The van der Waals surface area contributed by atoms with Gasteiger partial charge in [-0.2, -0.15) is 0 Å². The van der Waals surface area contributed by atoms with Crippen LogP contribution >= 0.6 is 0 Å². The fraction of sp³-hybridized carbons (Fsp3) is 0.143. The van der Waals surface area contributed by atoms with Crippen molar-refractivity contribution in [1.82, 2.24) is 0 Å². The summed E-state index contributed by atoms with van der Waals surface area (Å²) in [4.78, 5) is 0. The first-order chi connectivity index (χ1) is 11.3. The number of nitrogens with one attached hydrogen (secondary N) is 1.